The maximum atomic E-state index is 4.48. The standard InChI is InChI=1S/C32H32N2S2/c1-9-33-28-16-24(30-14-18(2)22(6)35-30)10-12-26(28)20(4)32-21(5)34(8)29-17-25(11-13-27(29)32)31-15-19(3)23(7)36-31/h9-17,33H,1,5H2,2-4,6-8H3/b32-20+. The fraction of sp³-hybridized carbons (Fsp3) is 0.188. The van der Waals surface area contributed by atoms with Crippen molar-refractivity contribution in [2.24, 2.45) is 7.05 Å². The molecule has 0 atom stereocenters. The smallest absolute Gasteiger partial charge is 0.0495 e. The van der Waals surface area contributed by atoms with E-state index in [-0.39, 0.29) is 0 Å². The maximum absolute atomic E-state index is 4.48. The quantitative estimate of drug-likeness (QED) is 0.254. The van der Waals surface area contributed by atoms with E-state index < -0.39 is 0 Å². The molecule has 0 aliphatic heterocycles. The van der Waals surface area contributed by atoms with Crippen LogP contribution in [0.3, 0.4) is 0 Å². The first-order valence-corrected chi connectivity index (χ1v) is 13.8. The lowest BCUT2D eigenvalue weighted by molar-refractivity contribution is 0.927. The molecule has 4 heteroatoms. The first kappa shape index (κ1) is 24.4. The second kappa shape index (κ2) is 9.27. The van der Waals surface area contributed by atoms with Crippen molar-refractivity contribution in [1.82, 2.24) is 4.57 Å². The number of hydrogen-bond donors (Lipinski definition) is 1. The van der Waals surface area contributed by atoms with Crippen LogP contribution in [0.1, 0.15) is 33.4 Å². The third-order valence-corrected chi connectivity index (χ3v) is 9.68. The Morgan fingerprint density at radius 2 is 1.44 bits per heavy atom. The third-order valence-electron chi connectivity index (χ3n) is 7.28. The van der Waals surface area contributed by atoms with E-state index in [1.165, 1.54) is 63.5 Å². The minimum absolute atomic E-state index is 1.02. The average molecular weight is 509 g/mol. The van der Waals surface area contributed by atoms with Gasteiger partial charge >= 0.3 is 0 Å². The van der Waals surface area contributed by atoms with Gasteiger partial charge in [0.05, 0.1) is 0 Å². The minimum Gasteiger partial charge on any atom is -0.362 e. The van der Waals surface area contributed by atoms with Gasteiger partial charge in [-0.2, -0.15) is 0 Å². The van der Waals surface area contributed by atoms with E-state index in [1.54, 1.807) is 6.20 Å². The highest BCUT2D eigenvalue weighted by molar-refractivity contribution is 7.15. The van der Waals surface area contributed by atoms with Crippen molar-refractivity contribution in [3.05, 3.63) is 98.3 Å². The SMILES string of the molecule is C=CNc1cc(-c2cc(C)c(C)s2)ccc1/C(C)=c1\c(=C)n(C)c2cc(-c3cc(C)c(C)s3)ccc12. The summed E-state index contributed by atoms with van der Waals surface area (Å²) in [5.41, 5.74) is 9.79. The number of nitrogens with zero attached hydrogens (tertiary/aromatic N) is 1. The molecule has 0 aliphatic carbocycles. The summed E-state index contributed by atoms with van der Waals surface area (Å²) >= 11 is 3.70. The molecule has 5 rings (SSSR count). The second-order valence-electron chi connectivity index (χ2n) is 9.55. The topological polar surface area (TPSA) is 17.0 Å². The largest absolute Gasteiger partial charge is 0.362 e. The van der Waals surface area contributed by atoms with Crippen molar-refractivity contribution in [3.63, 3.8) is 0 Å². The number of aryl methyl sites for hydroxylation is 5. The van der Waals surface area contributed by atoms with Crippen LogP contribution in [0.15, 0.2) is 61.3 Å². The highest BCUT2D eigenvalue weighted by Crippen LogP contribution is 2.35. The molecule has 3 aromatic heterocycles. The number of nitrogens with one attached hydrogen (secondary N) is 1. The Morgan fingerprint density at radius 3 is 2.00 bits per heavy atom. The molecule has 36 heavy (non-hydrogen) atoms. The molecule has 2 aromatic carbocycles. The van der Waals surface area contributed by atoms with Crippen molar-refractivity contribution in [2.45, 2.75) is 34.6 Å². The number of aromatic nitrogens is 1. The van der Waals surface area contributed by atoms with Gasteiger partial charge in [-0.3, -0.25) is 0 Å². The molecule has 0 spiro atoms. The third kappa shape index (κ3) is 4.04. The number of hydrogen-bond acceptors (Lipinski definition) is 3. The summed E-state index contributed by atoms with van der Waals surface area (Å²) < 4.78 is 2.22. The van der Waals surface area contributed by atoms with Crippen LogP contribution in [0.25, 0.3) is 43.9 Å². The molecule has 3 heterocycles. The zero-order valence-corrected chi connectivity index (χ0v) is 23.5. The molecule has 0 saturated heterocycles. The summed E-state index contributed by atoms with van der Waals surface area (Å²) in [4.78, 5) is 5.34. The second-order valence-corrected chi connectivity index (χ2v) is 12.1. The van der Waals surface area contributed by atoms with Gasteiger partial charge in [0, 0.05) is 59.3 Å². The molecule has 0 saturated carbocycles. The lowest BCUT2D eigenvalue weighted by Gasteiger charge is -2.12. The first-order valence-electron chi connectivity index (χ1n) is 12.1. The highest BCUT2D eigenvalue weighted by atomic mass is 32.1. The summed E-state index contributed by atoms with van der Waals surface area (Å²) in [5.74, 6) is 0. The van der Waals surface area contributed by atoms with E-state index in [2.05, 4.69) is 113 Å². The van der Waals surface area contributed by atoms with Gasteiger partial charge in [0.2, 0.25) is 0 Å². The molecular formula is C32H32N2S2. The van der Waals surface area contributed by atoms with E-state index in [0.29, 0.717) is 0 Å². The zero-order chi connectivity index (χ0) is 25.7. The van der Waals surface area contributed by atoms with Crippen LogP contribution in [0.4, 0.5) is 5.69 Å². The normalized spacial score (nSPS) is 12.3. The van der Waals surface area contributed by atoms with Gasteiger partial charge in [0.25, 0.3) is 0 Å². The molecular weight excluding hydrogens is 477 g/mol. The van der Waals surface area contributed by atoms with E-state index in [0.717, 1.165) is 16.6 Å². The molecule has 2 nitrogen and oxygen atoms in total. The van der Waals surface area contributed by atoms with Crippen molar-refractivity contribution in [2.75, 3.05) is 5.32 Å². The number of fused-ring (bicyclic) bond motifs is 1. The summed E-state index contributed by atoms with van der Waals surface area (Å²) in [6, 6.07) is 18.1. The predicted molar refractivity (Wildman–Crippen MR) is 162 cm³/mol. The van der Waals surface area contributed by atoms with Crippen molar-refractivity contribution in [1.29, 1.82) is 0 Å². The van der Waals surface area contributed by atoms with Crippen LogP contribution >= 0.6 is 22.7 Å². The first-order chi connectivity index (χ1) is 17.2. The molecule has 0 unspecified atom stereocenters. The van der Waals surface area contributed by atoms with Crippen molar-refractivity contribution < 1.29 is 0 Å². The summed E-state index contributed by atoms with van der Waals surface area (Å²) in [6.45, 7) is 19.3. The van der Waals surface area contributed by atoms with E-state index in [9.17, 15) is 0 Å². The maximum Gasteiger partial charge on any atom is 0.0495 e. The van der Waals surface area contributed by atoms with Gasteiger partial charge in [-0.15, -0.1) is 22.7 Å². The van der Waals surface area contributed by atoms with Crippen LogP contribution in [-0.4, -0.2) is 4.57 Å². The van der Waals surface area contributed by atoms with Gasteiger partial charge in [-0.05, 0) is 92.9 Å². The zero-order valence-electron chi connectivity index (χ0n) is 21.9. The molecule has 0 amide bonds. The number of thiophene rings is 2. The summed E-state index contributed by atoms with van der Waals surface area (Å²) in [5, 5.41) is 6.84. The van der Waals surface area contributed by atoms with Crippen molar-refractivity contribution in [3.8, 4) is 20.9 Å². The van der Waals surface area contributed by atoms with E-state index in [1.807, 2.05) is 22.7 Å². The van der Waals surface area contributed by atoms with E-state index >= 15 is 0 Å². The van der Waals surface area contributed by atoms with Crippen LogP contribution < -0.4 is 15.9 Å². The van der Waals surface area contributed by atoms with Crippen LogP contribution in [0, 0.1) is 27.7 Å². The van der Waals surface area contributed by atoms with E-state index in [4.69, 9.17) is 0 Å². The lowest BCUT2D eigenvalue weighted by atomic mass is 9.98. The van der Waals surface area contributed by atoms with Crippen LogP contribution in [0.5, 0.6) is 0 Å². The summed E-state index contributed by atoms with van der Waals surface area (Å²) in [6.07, 6.45) is 1.76. The van der Waals surface area contributed by atoms with Gasteiger partial charge < -0.3 is 9.88 Å². The molecule has 0 radical (unpaired) electrons. The highest BCUT2D eigenvalue weighted by Gasteiger charge is 2.14. The monoisotopic (exact) mass is 508 g/mol. The molecule has 5 aromatic rings. The lowest BCUT2D eigenvalue weighted by Crippen LogP contribution is -2.28. The molecule has 182 valence electrons. The van der Waals surface area contributed by atoms with Crippen LogP contribution in [-0.2, 0) is 7.05 Å². The summed E-state index contributed by atoms with van der Waals surface area (Å²) in [7, 11) is 2.11. The van der Waals surface area contributed by atoms with Gasteiger partial charge in [-0.1, -0.05) is 37.4 Å². The molecule has 0 fully saturated rings. The number of benzene rings is 2. The Bertz CT molecular complexity index is 1720. The van der Waals surface area contributed by atoms with Crippen LogP contribution in [0.2, 0.25) is 0 Å². The average Bonchev–Trinajstić information content (AvgIpc) is 3.46. The van der Waals surface area contributed by atoms with Crippen molar-refractivity contribution >= 4 is 51.4 Å². The number of anilines is 1. The Hall–Kier alpha value is -3.34. The van der Waals surface area contributed by atoms with Gasteiger partial charge in [0.15, 0.2) is 0 Å². The number of rotatable bonds is 5. The minimum atomic E-state index is 1.02. The molecule has 0 aliphatic rings. The van der Waals surface area contributed by atoms with Gasteiger partial charge in [0.1, 0.15) is 0 Å². The fourth-order valence-electron chi connectivity index (χ4n) is 4.88. The molecule has 1 N–H and O–H groups in total. The Morgan fingerprint density at radius 1 is 0.861 bits per heavy atom. The molecule has 0 bridgehead atoms. The Balaban J connectivity index is 1.70. The Labute approximate surface area is 221 Å². The predicted octanol–water partition coefficient (Wildman–Crippen LogP) is 8.05. The van der Waals surface area contributed by atoms with Gasteiger partial charge in [-0.25, -0.2) is 0 Å². The Kier molecular flexibility index (Phi) is 6.27. The fourth-order valence-corrected chi connectivity index (χ4v) is 6.94.